The molecule has 2 fully saturated rings. The number of benzene rings is 2. The predicted octanol–water partition coefficient (Wildman–Crippen LogP) is 5.87. The van der Waals surface area contributed by atoms with Gasteiger partial charge in [0.25, 0.3) is 0 Å². The third-order valence-electron chi connectivity index (χ3n) is 4.98. The molecule has 28 heavy (non-hydrogen) atoms. The van der Waals surface area contributed by atoms with Crippen LogP contribution in [-0.2, 0) is 4.74 Å². The molecule has 0 aromatic heterocycles. The lowest BCUT2D eigenvalue weighted by Gasteiger charge is -2.17. The van der Waals surface area contributed by atoms with Gasteiger partial charge in [-0.2, -0.15) is 0 Å². The van der Waals surface area contributed by atoms with Crippen LogP contribution >= 0.6 is 0 Å². The van der Waals surface area contributed by atoms with Crippen molar-refractivity contribution in [1.82, 2.24) is 0 Å². The minimum absolute atomic E-state index is 0.0160. The normalized spacial score (nSPS) is 16.6. The Morgan fingerprint density at radius 3 is 2.11 bits per heavy atom. The molecule has 0 spiro atoms. The summed E-state index contributed by atoms with van der Waals surface area (Å²) in [5.74, 6) is -0.135. The van der Waals surface area contributed by atoms with E-state index < -0.39 is 18.1 Å². The first-order valence-corrected chi connectivity index (χ1v) is 9.22. The van der Waals surface area contributed by atoms with Gasteiger partial charge < -0.3 is 14.8 Å². The Labute approximate surface area is 160 Å². The summed E-state index contributed by atoms with van der Waals surface area (Å²) in [6.45, 7) is 0. The molecule has 7 heteroatoms. The molecule has 0 aliphatic heterocycles. The number of ether oxygens (including phenoxy) is 2. The standard InChI is InChI=1S/C21H20F3NO3/c1-27-20(26)14-6-7-18(19(11-14)28-21(22,23)24)25-17-9-15(12-2-3-12)8-16(10-17)13-4-5-13/h6-13,25H,2-5H2,1H3. The maximum Gasteiger partial charge on any atom is 0.573 e. The van der Waals surface area contributed by atoms with Crippen molar-refractivity contribution in [3.05, 3.63) is 53.1 Å². The van der Waals surface area contributed by atoms with Crippen molar-refractivity contribution in [3.8, 4) is 5.75 Å². The maximum atomic E-state index is 12.9. The highest BCUT2D eigenvalue weighted by molar-refractivity contribution is 5.91. The third-order valence-corrected chi connectivity index (χ3v) is 4.98. The van der Waals surface area contributed by atoms with Crippen molar-refractivity contribution in [1.29, 1.82) is 0 Å². The van der Waals surface area contributed by atoms with Gasteiger partial charge in [0, 0.05) is 5.69 Å². The van der Waals surface area contributed by atoms with Gasteiger partial charge in [-0.05, 0) is 79.0 Å². The van der Waals surface area contributed by atoms with Crippen molar-refractivity contribution in [2.24, 2.45) is 0 Å². The number of esters is 1. The Morgan fingerprint density at radius 2 is 1.61 bits per heavy atom. The van der Waals surface area contributed by atoms with Gasteiger partial charge in [-0.1, -0.05) is 6.07 Å². The number of halogens is 3. The Balaban J connectivity index is 1.67. The van der Waals surface area contributed by atoms with Gasteiger partial charge in [0.05, 0.1) is 18.4 Å². The Hall–Kier alpha value is -2.70. The van der Waals surface area contributed by atoms with Crippen LogP contribution in [0.15, 0.2) is 36.4 Å². The smallest absolute Gasteiger partial charge is 0.465 e. The topological polar surface area (TPSA) is 47.6 Å². The molecule has 2 aromatic carbocycles. The van der Waals surface area contributed by atoms with Crippen molar-refractivity contribution in [3.63, 3.8) is 0 Å². The summed E-state index contributed by atoms with van der Waals surface area (Å²) in [6.07, 6.45) is -0.304. The van der Waals surface area contributed by atoms with Gasteiger partial charge in [-0.15, -0.1) is 13.2 Å². The fraction of sp³-hybridized carbons (Fsp3) is 0.381. The highest BCUT2D eigenvalue weighted by Crippen LogP contribution is 2.46. The van der Waals surface area contributed by atoms with Crippen LogP contribution in [-0.4, -0.2) is 19.4 Å². The molecule has 0 atom stereocenters. The van der Waals surface area contributed by atoms with Gasteiger partial charge in [0.2, 0.25) is 0 Å². The summed E-state index contributed by atoms with van der Waals surface area (Å²) >= 11 is 0. The zero-order valence-corrected chi connectivity index (χ0v) is 15.3. The SMILES string of the molecule is COC(=O)c1ccc(Nc2cc(C3CC3)cc(C3CC3)c2)c(OC(F)(F)F)c1. The fourth-order valence-electron chi connectivity index (χ4n) is 3.29. The minimum atomic E-state index is -4.87. The second-order valence-electron chi connectivity index (χ2n) is 7.31. The zero-order chi connectivity index (χ0) is 19.9. The van der Waals surface area contributed by atoms with Gasteiger partial charge in [-0.25, -0.2) is 4.79 Å². The maximum absolute atomic E-state index is 12.9. The zero-order valence-electron chi connectivity index (χ0n) is 15.3. The Morgan fingerprint density at radius 1 is 1.00 bits per heavy atom. The van der Waals surface area contributed by atoms with E-state index in [0.29, 0.717) is 11.8 Å². The molecular formula is C21H20F3NO3. The summed E-state index contributed by atoms with van der Waals surface area (Å²) in [6, 6.07) is 10.0. The first-order valence-electron chi connectivity index (χ1n) is 9.22. The van der Waals surface area contributed by atoms with E-state index in [4.69, 9.17) is 0 Å². The van der Waals surface area contributed by atoms with Crippen molar-refractivity contribution in [2.45, 2.75) is 43.9 Å². The van der Waals surface area contributed by atoms with Gasteiger partial charge in [0.1, 0.15) is 0 Å². The van der Waals surface area contributed by atoms with Gasteiger partial charge in [-0.3, -0.25) is 0 Å². The number of hydrogen-bond acceptors (Lipinski definition) is 4. The van der Waals surface area contributed by atoms with Crippen LogP contribution in [0.4, 0.5) is 24.5 Å². The molecule has 0 heterocycles. The van der Waals surface area contributed by atoms with E-state index in [9.17, 15) is 18.0 Å². The lowest BCUT2D eigenvalue weighted by atomic mass is 10.0. The summed E-state index contributed by atoms with van der Waals surface area (Å²) in [4.78, 5) is 11.7. The average molecular weight is 391 g/mol. The second-order valence-corrected chi connectivity index (χ2v) is 7.31. The van der Waals surface area contributed by atoms with Crippen LogP contribution in [0.3, 0.4) is 0 Å². The number of methoxy groups -OCH3 is 1. The molecule has 0 unspecified atom stereocenters. The number of nitrogens with one attached hydrogen (secondary N) is 1. The molecule has 148 valence electrons. The quantitative estimate of drug-likeness (QED) is 0.626. The number of rotatable bonds is 6. The first kappa shape index (κ1) is 18.7. The van der Waals surface area contributed by atoms with Crippen LogP contribution in [0.5, 0.6) is 5.75 Å². The highest BCUT2D eigenvalue weighted by atomic mass is 19.4. The predicted molar refractivity (Wildman–Crippen MR) is 98.1 cm³/mol. The van der Waals surface area contributed by atoms with Crippen LogP contribution in [0.1, 0.15) is 59.0 Å². The lowest BCUT2D eigenvalue weighted by Crippen LogP contribution is -2.18. The molecule has 2 aromatic rings. The molecule has 4 nitrogen and oxygen atoms in total. The molecule has 0 saturated heterocycles. The number of anilines is 2. The molecule has 0 amide bonds. The molecule has 2 aliphatic rings. The van der Waals surface area contributed by atoms with E-state index >= 15 is 0 Å². The first-order chi connectivity index (χ1) is 13.3. The van der Waals surface area contributed by atoms with E-state index in [1.165, 1.54) is 30.4 Å². The van der Waals surface area contributed by atoms with E-state index in [1.807, 2.05) is 12.1 Å². The minimum Gasteiger partial charge on any atom is -0.465 e. The molecular weight excluding hydrogens is 371 g/mol. The van der Waals surface area contributed by atoms with Crippen molar-refractivity contribution >= 4 is 17.3 Å². The highest BCUT2D eigenvalue weighted by Gasteiger charge is 2.33. The lowest BCUT2D eigenvalue weighted by molar-refractivity contribution is -0.274. The Bertz CT molecular complexity index is 872. The van der Waals surface area contributed by atoms with Gasteiger partial charge in [0.15, 0.2) is 5.75 Å². The summed E-state index contributed by atoms with van der Waals surface area (Å²) in [7, 11) is 1.17. The molecule has 4 rings (SSSR count). The molecule has 2 aliphatic carbocycles. The van der Waals surface area contributed by atoms with Gasteiger partial charge >= 0.3 is 12.3 Å². The monoisotopic (exact) mass is 391 g/mol. The molecule has 0 bridgehead atoms. The van der Waals surface area contributed by atoms with Crippen LogP contribution in [0, 0.1) is 0 Å². The van der Waals surface area contributed by atoms with Crippen LogP contribution in [0.25, 0.3) is 0 Å². The van der Waals surface area contributed by atoms with Crippen LogP contribution < -0.4 is 10.1 Å². The Kier molecular flexibility index (Phi) is 4.69. The second kappa shape index (κ2) is 7.04. The largest absolute Gasteiger partial charge is 0.573 e. The summed E-state index contributed by atoms with van der Waals surface area (Å²) in [5.41, 5.74) is 3.29. The van der Waals surface area contributed by atoms with Crippen LogP contribution in [0.2, 0.25) is 0 Å². The summed E-state index contributed by atoms with van der Waals surface area (Å²) in [5, 5.41) is 3.05. The van der Waals surface area contributed by atoms with E-state index in [2.05, 4.69) is 20.9 Å². The fourth-order valence-corrected chi connectivity index (χ4v) is 3.29. The molecule has 2 saturated carbocycles. The number of hydrogen-bond donors (Lipinski definition) is 1. The summed E-state index contributed by atoms with van der Waals surface area (Å²) < 4.78 is 47.3. The molecule has 0 radical (unpaired) electrons. The number of carbonyl (C=O) groups excluding carboxylic acids is 1. The molecule has 1 N–H and O–H groups in total. The third kappa shape index (κ3) is 4.40. The van der Waals surface area contributed by atoms with E-state index in [1.54, 1.807) is 0 Å². The average Bonchev–Trinajstić information content (AvgIpc) is 3.54. The van der Waals surface area contributed by atoms with Crippen molar-refractivity contribution in [2.75, 3.05) is 12.4 Å². The van der Waals surface area contributed by atoms with E-state index in [-0.39, 0.29) is 11.3 Å². The van der Waals surface area contributed by atoms with Crippen molar-refractivity contribution < 1.29 is 27.4 Å². The van der Waals surface area contributed by atoms with E-state index in [0.717, 1.165) is 37.4 Å². The number of alkyl halides is 3. The number of carbonyl (C=O) groups is 1.